The summed E-state index contributed by atoms with van der Waals surface area (Å²) in [7, 11) is -3.78. The van der Waals surface area contributed by atoms with E-state index in [9.17, 15) is 8.42 Å². The van der Waals surface area contributed by atoms with Gasteiger partial charge in [0.05, 0.1) is 9.79 Å². The lowest BCUT2D eigenvalue weighted by molar-refractivity contribution is 0.598. The molecular formula is C63H47NO3S. The lowest BCUT2D eigenvalue weighted by Gasteiger charge is -2.29. The summed E-state index contributed by atoms with van der Waals surface area (Å²) in [6, 6.07) is 62.1. The van der Waals surface area contributed by atoms with Crippen molar-refractivity contribution < 1.29 is 12.8 Å². The van der Waals surface area contributed by atoms with Gasteiger partial charge in [-0.1, -0.05) is 145 Å². The first-order valence-electron chi connectivity index (χ1n) is 23.7. The number of nitrogens with zero attached hydrogens (tertiary/aromatic N) is 1. The summed E-state index contributed by atoms with van der Waals surface area (Å²) >= 11 is 0. The van der Waals surface area contributed by atoms with Gasteiger partial charge in [0.1, 0.15) is 11.2 Å². The van der Waals surface area contributed by atoms with E-state index in [1.165, 1.54) is 55.5 Å². The molecule has 0 N–H and O–H groups in total. The third kappa shape index (κ3) is 4.96. The second-order valence-electron chi connectivity index (χ2n) is 20.8. The Morgan fingerprint density at radius 3 is 1.74 bits per heavy atom. The summed E-state index contributed by atoms with van der Waals surface area (Å²) in [6.07, 6.45) is 0. The van der Waals surface area contributed by atoms with Crippen LogP contribution in [0.15, 0.2) is 190 Å². The molecule has 0 amide bonds. The summed E-state index contributed by atoms with van der Waals surface area (Å²) < 4.78 is 35.6. The molecule has 1 aliphatic heterocycles. The van der Waals surface area contributed by atoms with E-state index in [2.05, 4.69) is 168 Å². The Labute approximate surface area is 397 Å². The molecule has 0 saturated carbocycles. The summed E-state index contributed by atoms with van der Waals surface area (Å²) in [5.41, 5.74) is 22.3. The van der Waals surface area contributed by atoms with Gasteiger partial charge in [-0.25, -0.2) is 8.42 Å². The van der Waals surface area contributed by atoms with Crippen LogP contribution in [0.1, 0.15) is 74.9 Å². The van der Waals surface area contributed by atoms with Crippen LogP contribution in [-0.4, -0.2) is 8.42 Å². The Hall–Kier alpha value is -7.47. The van der Waals surface area contributed by atoms with E-state index in [-0.39, 0.29) is 10.8 Å². The van der Waals surface area contributed by atoms with Crippen LogP contribution in [0, 0.1) is 0 Å². The number of benzene rings is 9. The summed E-state index contributed by atoms with van der Waals surface area (Å²) in [5.74, 6) is 0. The van der Waals surface area contributed by atoms with Crippen LogP contribution in [0.25, 0.3) is 77.6 Å². The number of furan rings is 1. The van der Waals surface area contributed by atoms with Crippen LogP contribution in [0.2, 0.25) is 0 Å². The number of hydrogen-bond donors (Lipinski definition) is 0. The van der Waals surface area contributed by atoms with E-state index >= 15 is 0 Å². The Morgan fingerprint density at radius 1 is 0.397 bits per heavy atom. The molecule has 14 rings (SSSR count). The topological polar surface area (TPSA) is 50.5 Å². The van der Waals surface area contributed by atoms with Gasteiger partial charge in [0, 0.05) is 60.8 Å². The van der Waals surface area contributed by atoms with Crippen molar-refractivity contribution in [2.45, 2.75) is 67.6 Å². The Bertz CT molecular complexity index is 4010. The molecule has 10 aromatic rings. The minimum absolute atomic E-state index is 0.189. The molecule has 2 heterocycles. The van der Waals surface area contributed by atoms with E-state index in [1.54, 1.807) is 6.07 Å². The predicted molar refractivity (Wildman–Crippen MR) is 277 cm³/mol. The Kier molecular flexibility index (Phi) is 7.67. The van der Waals surface area contributed by atoms with E-state index in [0.29, 0.717) is 9.79 Å². The molecular weight excluding hydrogens is 851 g/mol. The molecule has 68 heavy (non-hydrogen) atoms. The van der Waals surface area contributed by atoms with E-state index in [0.717, 1.165) is 72.6 Å². The first-order chi connectivity index (χ1) is 32.8. The molecule has 5 heteroatoms. The van der Waals surface area contributed by atoms with Gasteiger partial charge in [0.15, 0.2) is 0 Å². The van der Waals surface area contributed by atoms with E-state index in [1.807, 2.05) is 48.5 Å². The molecule has 0 radical (unpaired) electrons. The monoisotopic (exact) mass is 897 g/mol. The van der Waals surface area contributed by atoms with Crippen LogP contribution in [0.3, 0.4) is 0 Å². The van der Waals surface area contributed by atoms with Crippen molar-refractivity contribution in [2.24, 2.45) is 0 Å². The predicted octanol–water partition coefficient (Wildman–Crippen LogP) is 16.5. The Balaban J connectivity index is 0.929. The van der Waals surface area contributed by atoms with E-state index in [4.69, 9.17) is 4.42 Å². The average molecular weight is 898 g/mol. The molecule has 0 spiro atoms. The number of fused-ring (bicyclic) bond motifs is 17. The summed E-state index contributed by atoms with van der Waals surface area (Å²) in [5, 5.41) is 2.37. The third-order valence-corrected chi connectivity index (χ3v) is 18.1. The van der Waals surface area contributed by atoms with Crippen molar-refractivity contribution >= 4 is 48.8 Å². The molecule has 1 aromatic heterocycles. The zero-order valence-corrected chi connectivity index (χ0v) is 39.6. The summed E-state index contributed by atoms with van der Waals surface area (Å²) in [6.45, 7) is 14.1. The quantitative estimate of drug-likeness (QED) is 0.177. The maximum absolute atomic E-state index is 14.6. The minimum atomic E-state index is -3.78. The van der Waals surface area contributed by atoms with Gasteiger partial charge >= 0.3 is 0 Å². The van der Waals surface area contributed by atoms with Crippen LogP contribution >= 0.6 is 0 Å². The normalized spacial score (nSPS) is 16.4. The van der Waals surface area contributed by atoms with Gasteiger partial charge in [0.25, 0.3) is 0 Å². The molecule has 0 unspecified atom stereocenters. The molecule has 0 fully saturated rings. The fraction of sp³-hybridized carbons (Fsp3) is 0.143. The number of rotatable bonds is 4. The molecule has 0 saturated heterocycles. The fourth-order valence-corrected chi connectivity index (χ4v) is 14.7. The maximum Gasteiger partial charge on any atom is 0.208 e. The highest BCUT2D eigenvalue weighted by Crippen LogP contribution is 2.62. The lowest BCUT2D eigenvalue weighted by atomic mass is 9.79. The second kappa shape index (κ2) is 13.2. The highest BCUT2D eigenvalue weighted by molar-refractivity contribution is 7.92. The standard InChI is InChI=1S/C63H47NO3S/c1-61(2)47-29-30-54-58(42-21-13-15-23-53(42)67-54)57(47)46-35-50-45(34-51(46)61)40-27-25-38(31-48(40)62(50,3)4)64(37-19-11-8-12-20-37)39-26-28-41-49(32-39)63(5,6)52-33-44(36-17-9-7-10-18-36)60-59(56(41)52)43-22-14-16-24-55(43)68(60,65)66/h7-35H,1-6H3. The fourth-order valence-electron chi connectivity index (χ4n) is 12.8. The SMILES string of the molecule is CC1(C)c2cc(N(c3ccccc3)c3ccc4c(c3)C(C)(C)c3cc(-c5ccccc5)c5c(c3-4)-c3ccccc3S5(=O)=O)ccc2-c2cc3c(cc21)-c1c(ccc2oc4ccccc4c12)C3(C)C. The van der Waals surface area contributed by atoms with Gasteiger partial charge in [-0.3, -0.25) is 0 Å². The second-order valence-corrected chi connectivity index (χ2v) is 22.7. The first-order valence-corrected chi connectivity index (χ1v) is 25.1. The smallest absolute Gasteiger partial charge is 0.208 e. The van der Waals surface area contributed by atoms with Crippen molar-refractivity contribution in [3.63, 3.8) is 0 Å². The van der Waals surface area contributed by atoms with Crippen LogP contribution in [0.4, 0.5) is 17.1 Å². The molecule has 0 atom stereocenters. The van der Waals surface area contributed by atoms with Crippen molar-refractivity contribution in [1.29, 1.82) is 0 Å². The molecule has 9 aromatic carbocycles. The number of sulfone groups is 1. The maximum atomic E-state index is 14.6. The Morgan fingerprint density at radius 2 is 0.971 bits per heavy atom. The molecule has 4 aliphatic rings. The zero-order valence-electron chi connectivity index (χ0n) is 38.8. The summed E-state index contributed by atoms with van der Waals surface area (Å²) in [4.78, 5) is 3.17. The minimum Gasteiger partial charge on any atom is -0.456 e. The zero-order chi connectivity index (χ0) is 46.2. The van der Waals surface area contributed by atoms with Crippen molar-refractivity contribution in [1.82, 2.24) is 0 Å². The van der Waals surface area contributed by atoms with Gasteiger partial charge in [-0.05, 0) is 145 Å². The number of hydrogen-bond acceptors (Lipinski definition) is 4. The van der Waals surface area contributed by atoms with Crippen LogP contribution in [0.5, 0.6) is 0 Å². The molecule has 4 nitrogen and oxygen atoms in total. The first kappa shape index (κ1) is 39.7. The van der Waals surface area contributed by atoms with Crippen molar-refractivity contribution in [2.75, 3.05) is 4.90 Å². The van der Waals surface area contributed by atoms with Gasteiger partial charge in [-0.2, -0.15) is 0 Å². The highest BCUT2D eigenvalue weighted by Gasteiger charge is 2.46. The van der Waals surface area contributed by atoms with E-state index < -0.39 is 15.3 Å². The van der Waals surface area contributed by atoms with Gasteiger partial charge in [0.2, 0.25) is 9.84 Å². The lowest BCUT2D eigenvalue weighted by Crippen LogP contribution is -2.18. The molecule has 0 bridgehead atoms. The molecule has 328 valence electrons. The van der Waals surface area contributed by atoms with Crippen molar-refractivity contribution in [3.05, 3.63) is 209 Å². The van der Waals surface area contributed by atoms with Crippen LogP contribution < -0.4 is 4.90 Å². The largest absolute Gasteiger partial charge is 0.456 e. The molecule has 3 aliphatic carbocycles. The third-order valence-electron chi connectivity index (χ3n) is 16.2. The number of anilines is 3. The average Bonchev–Trinajstić information content (AvgIpc) is 4.05. The number of para-hydroxylation sites is 2. The van der Waals surface area contributed by atoms with Gasteiger partial charge in [-0.15, -0.1) is 0 Å². The highest BCUT2D eigenvalue weighted by atomic mass is 32.2. The van der Waals surface area contributed by atoms with Gasteiger partial charge < -0.3 is 9.32 Å². The van der Waals surface area contributed by atoms with Crippen molar-refractivity contribution in [3.8, 4) is 55.6 Å². The van der Waals surface area contributed by atoms with Crippen LogP contribution in [-0.2, 0) is 26.1 Å².